The zero-order valence-corrected chi connectivity index (χ0v) is 13.5. The highest BCUT2D eigenvalue weighted by atomic mass is 16.5. The zero-order chi connectivity index (χ0) is 16.9. The van der Waals surface area contributed by atoms with E-state index in [2.05, 4.69) is 5.32 Å². The van der Waals surface area contributed by atoms with Gasteiger partial charge in [0.25, 0.3) is 0 Å². The number of primary amides is 1. The summed E-state index contributed by atoms with van der Waals surface area (Å²) in [4.78, 5) is 11.3. The second-order valence-corrected chi connectivity index (χ2v) is 5.82. The van der Waals surface area contributed by atoms with Gasteiger partial charge in [0, 0.05) is 17.8 Å². The minimum absolute atomic E-state index is 0.412. The van der Waals surface area contributed by atoms with E-state index in [0.717, 1.165) is 22.6 Å². The number of methoxy groups -OCH3 is 1. The largest absolute Gasteiger partial charge is 0.496 e. The lowest BCUT2D eigenvalue weighted by atomic mass is 9.93. The van der Waals surface area contributed by atoms with Crippen molar-refractivity contribution < 1.29 is 9.53 Å². The molecule has 0 spiro atoms. The van der Waals surface area contributed by atoms with E-state index in [9.17, 15) is 4.79 Å². The molecular formula is C18H23N3O2. The van der Waals surface area contributed by atoms with E-state index in [-0.39, 0.29) is 0 Å². The van der Waals surface area contributed by atoms with Gasteiger partial charge in [0.2, 0.25) is 5.91 Å². The van der Waals surface area contributed by atoms with Crippen LogP contribution in [0.4, 0.5) is 5.69 Å². The number of hydrogen-bond donors (Lipinski definition) is 3. The van der Waals surface area contributed by atoms with Crippen molar-refractivity contribution in [2.75, 3.05) is 12.4 Å². The van der Waals surface area contributed by atoms with Crippen LogP contribution in [0.2, 0.25) is 0 Å². The van der Waals surface area contributed by atoms with Gasteiger partial charge >= 0.3 is 0 Å². The maximum atomic E-state index is 11.3. The molecule has 23 heavy (non-hydrogen) atoms. The number of hydrogen-bond acceptors (Lipinski definition) is 4. The lowest BCUT2D eigenvalue weighted by molar-refractivity contribution is -0.122. The van der Waals surface area contributed by atoms with Crippen molar-refractivity contribution in [1.29, 1.82) is 0 Å². The van der Waals surface area contributed by atoms with Gasteiger partial charge in [-0.1, -0.05) is 30.3 Å². The lowest BCUT2D eigenvalue weighted by Gasteiger charge is -2.20. The molecule has 0 aromatic heterocycles. The number of rotatable bonds is 7. The van der Waals surface area contributed by atoms with Crippen LogP contribution in [0.5, 0.6) is 5.75 Å². The van der Waals surface area contributed by atoms with Crippen molar-refractivity contribution in [3.05, 3.63) is 59.7 Å². The third-order valence-electron chi connectivity index (χ3n) is 3.76. The normalized spacial score (nSPS) is 13.2. The molecule has 0 fully saturated rings. The fourth-order valence-corrected chi connectivity index (χ4v) is 2.30. The first-order valence-corrected chi connectivity index (χ1v) is 7.46. The summed E-state index contributed by atoms with van der Waals surface area (Å²) in [6, 6.07) is 15.7. The Hall–Kier alpha value is -2.53. The molecule has 1 amide bonds. The standard InChI is InChI=1S/C18H23N3O2/c1-18(20,17(19)22)11-13-7-9-15(10-8-13)21-12-14-5-3-4-6-16(14)23-2/h3-10,21H,11-12,20H2,1-2H3,(H2,19,22). The highest BCUT2D eigenvalue weighted by molar-refractivity contribution is 5.84. The number of nitrogens with two attached hydrogens (primary N) is 2. The first kappa shape index (κ1) is 16.8. The molecule has 0 aliphatic heterocycles. The maximum Gasteiger partial charge on any atom is 0.237 e. The number of ether oxygens (including phenoxy) is 1. The van der Waals surface area contributed by atoms with Gasteiger partial charge in [-0.15, -0.1) is 0 Å². The summed E-state index contributed by atoms with van der Waals surface area (Å²) in [5.41, 5.74) is 13.2. The van der Waals surface area contributed by atoms with E-state index in [1.165, 1.54) is 0 Å². The van der Waals surface area contributed by atoms with Gasteiger partial charge in [-0.05, 0) is 37.1 Å². The van der Waals surface area contributed by atoms with Gasteiger partial charge in [0.15, 0.2) is 0 Å². The molecule has 5 N–H and O–H groups in total. The zero-order valence-electron chi connectivity index (χ0n) is 13.5. The van der Waals surface area contributed by atoms with Gasteiger partial charge in [-0.3, -0.25) is 4.79 Å². The molecule has 122 valence electrons. The first-order valence-electron chi connectivity index (χ1n) is 7.46. The van der Waals surface area contributed by atoms with Crippen LogP contribution in [0.25, 0.3) is 0 Å². The van der Waals surface area contributed by atoms with Crippen LogP contribution in [0.15, 0.2) is 48.5 Å². The second-order valence-electron chi connectivity index (χ2n) is 5.82. The van der Waals surface area contributed by atoms with Crippen LogP contribution in [0.3, 0.4) is 0 Å². The van der Waals surface area contributed by atoms with E-state index in [1.54, 1.807) is 14.0 Å². The molecule has 0 saturated carbocycles. The smallest absolute Gasteiger partial charge is 0.237 e. The first-order chi connectivity index (χ1) is 10.9. The highest BCUT2D eigenvalue weighted by Crippen LogP contribution is 2.20. The van der Waals surface area contributed by atoms with E-state index >= 15 is 0 Å². The highest BCUT2D eigenvalue weighted by Gasteiger charge is 2.25. The van der Waals surface area contributed by atoms with Gasteiger partial charge < -0.3 is 21.5 Å². The van der Waals surface area contributed by atoms with Crippen LogP contribution in [0.1, 0.15) is 18.1 Å². The van der Waals surface area contributed by atoms with Crippen LogP contribution in [-0.2, 0) is 17.8 Å². The topological polar surface area (TPSA) is 90.4 Å². The summed E-state index contributed by atoms with van der Waals surface area (Å²) < 4.78 is 5.33. The summed E-state index contributed by atoms with van der Waals surface area (Å²) in [7, 11) is 1.66. The summed E-state index contributed by atoms with van der Waals surface area (Å²) in [6.07, 6.45) is 0.412. The predicted molar refractivity (Wildman–Crippen MR) is 92.3 cm³/mol. The molecule has 0 heterocycles. The molecule has 2 rings (SSSR count). The minimum Gasteiger partial charge on any atom is -0.496 e. The Bertz CT molecular complexity index is 666. The maximum absolute atomic E-state index is 11.3. The van der Waals surface area contributed by atoms with Gasteiger partial charge in [-0.2, -0.15) is 0 Å². The Morgan fingerprint density at radius 3 is 2.43 bits per heavy atom. The average Bonchev–Trinajstić information content (AvgIpc) is 2.54. The number of para-hydroxylation sites is 1. The number of anilines is 1. The number of benzene rings is 2. The van der Waals surface area contributed by atoms with E-state index in [1.807, 2.05) is 48.5 Å². The predicted octanol–water partition coefficient (Wildman–Crippen LogP) is 2.05. The van der Waals surface area contributed by atoms with Crippen LogP contribution in [0, 0.1) is 0 Å². The fourth-order valence-electron chi connectivity index (χ4n) is 2.30. The molecule has 0 aliphatic rings. The Morgan fingerprint density at radius 1 is 1.17 bits per heavy atom. The second kappa shape index (κ2) is 7.15. The molecule has 0 saturated heterocycles. The quantitative estimate of drug-likeness (QED) is 0.729. The molecule has 5 heteroatoms. The average molecular weight is 313 g/mol. The summed E-state index contributed by atoms with van der Waals surface area (Å²) in [5.74, 6) is 0.354. The van der Waals surface area contributed by atoms with Gasteiger partial charge in [-0.25, -0.2) is 0 Å². The molecule has 1 unspecified atom stereocenters. The Kier molecular flexibility index (Phi) is 5.24. The number of nitrogens with one attached hydrogen (secondary N) is 1. The van der Waals surface area contributed by atoms with Crippen LogP contribution in [-0.4, -0.2) is 18.6 Å². The van der Waals surface area contributed by atoms with Crippen molar-refractivity contribution in [1.82, 2.24) is 0 Å². The fraction of sp³-hybridized carbons (Fsp3) is 0.278. The Balaban J connectivity index is 1.99. The molecule has 0 bridgehead atoms. The molecule has 2 aromatic carbocycles. The van der Waals surface area contributed by atoms with E-state index in [4.69, 9.17) is 16.2 Å². The molecule has 2 aromatic rings. The van der Waals surface area contributed by atoms with Crippen LogP contribution < -0.4 is 21.5 Å². The summed E-state index contributed by atoms with van der Waals surface area (Å²) in [6.45, 7) is 2.31. The van der Waals surface area contributed by atoms with E-state index in [0.29, 0.717) is 13.0 Å². The van der Waals surface area contributed by atoms with Crippen molar-refractivity contribution in [3.63, 3.8) is 0 Å². The SMILES string of the molecule is COc1ccccc1CNc1ccc(CC(C)(N)C(N)=O)cc1. The van der Waals surface area contributed by atoms with Crippen molar-refractivity contribution in [3.8, 4) is 5.75 Å². The number of carbonyl (C=O) groups excluding carboxylic acids is 1. The van der Waals surface area contributed by atoms with Crippen molar-refractivity contribution in [2.45, 2.75) is 25.4 Å². The monoisotopic (exact) mass is 313 g/mol. The summed E-state index contributed by atoms with van der Waals surface area (Å²) >= 11 is 0. The molecular weight excluding hydrogens is 290 g/mol. The Morgan fingerprint density at radius 2 is 1.83 bits per heavy atom. The third-order valence-corrected chi connectivity index (χ3v) is 3.76. The molecule has 1 atom stereocenters. The van der Waals surface area contributed by atoms with Crippen molar-refractivity contribution in [2.24, 2.45) is 11.5 Å². The Labute approximate surface area is 136 Å². The van der Waals surface area contributed by atoms with Crippen molar-refractivity contribution >= 4 is 11.6 Å². The van der Waals surface area contributed by atoms with Gasteiger partial charge in [0.1, 0.15) is 5.75 Å². The third kappa shape index (κ3) is 4.47. The lowest BCUT2D eigenvalue weighted by Crippen LogP contribution is -2.51. The summed E-state index contributed by atoms with van der Waals surface area (Å²) in [5, 5.41) is 3.35. The van der Waals surface area contributed by atoms with Gasteiger partial charge in [0.05, 0.1) is 12.6 Å². The number of amides is 1. The van der Waals surface area contributed by atoms with E-state index < -0.39 is 11.4 Å². The molecule has 5 nitrogen and oxygen atoms in total. The molecule has 0 radical (unpaired) electrons. The minimum atomic E-state index is -1.04. The number of carbonyl (C=O) groups is 1. The molecule has 0 aliphatic carbocycles. The van der Waals surface area contributed by atoms with Crippen LogP contribution >= 0.6 is 0 Å².